The fraction of sp³-hybridized carbons (Fsp3) is 0.600. The molecule has 0 bridgehead atoms. The van der Waals surface area contributed by atoms with Crippen molar-refractivity contribution in [2.75, 3.05) is 13.2 Å². The molecule has 1 aromatic carbocycles. The monoisotopic (exact) mass is 235 g/mol. The average molecular weight is 235 g/mol. The molecule has 0 aliphatic rings. The largest absolute Gasteiger partial charge is 0.494 e. The molecule has 0 aliphatic carbocycles. The fourth-order valence-corrected chi connectivity index (χ4v) is 1.59. The van der Waals surface area contributed by atoms with Crippen molar-refractivity contribution in [2.45, 2.75) is 40.2 Å². The molecule has 0 heterocycles. The second-order valence-corrected chi connectivity index (χ2v) is 4.86. The van der Waals surface area contributed by atoms with Gasteiger partial charge in [-0.3, -0.25) is 0 Å². The lowest BCUT2D eigenvalue weighted by molar-refractivity contribution is 0.317. The third-order valence-electron chi connectivity index (χ3n) is 2.60. The molecule has 1 rings (SSSR count). The summed E-state index contributed by atoms with van der Waals surface area (Å²) in [4.78, 5) is 0. The molecule has 0 aliphatic heterocycles. The van der Waals surface area contributed by atoms with E-state index in [0.29, 0.717) is 0 Å². The smallest absolute Gasteiger partial charge is 0.119 e. The van der Waals surface area contributed by atoms with E-state index in [1.54, 1.807) is 0 Å². The van der Waals surface area contributed by atoms with Gasteiger partial charge in [-0.2, -0.15) is 0 Å². The summed E-state index contributed by atoms with van der Waals surface area (Å²) >= 11 is 0. The van der Waals surface area contributed by atoms with Crippen molar-refractivity contribution in [1.29, 1.82) is 0 Å². The summed E-state index contributed by atoms with van der Waals surface area (Å²) in [5.74, 6) is 1.75. The third-order valence-corrected chi connectivity index (χ3v) is 2.60. The second kappa shape index (κ2) is 8.13. The average Bonchev–Trinajstić information content (AvgIpc) is 2.32. The highest BCUT2D eigenvalue weighted by atomic mass is 16.5. The predicted molar refractivity (Wildman–Crippen MR) is 73.4 cm³/mol. The zero-order valence-corrected chi connectivity index (χ0v) is 11.3. The molecule has 2 heteroatoms. The molecule has 0 aromatic heterocycles. The maximum Gasteiger partial charge on any atom is 0.119 e. The zero-order chi connectivity index (χ0) is 12.5. The molecule has 0 atom stereocenters. The molecule has 0 saturated heterocycles. The standard InChI is InChI=1S/C15H25NO/c1-4-10-17-15-7-5-6-14(11-15)12-16-9-8-13(2)3/h5-7,11,13,16H,4,8-10,12H2,1-3H3. The van der Waals surface area contributed by atoms with Crippen molar-refractivity contribution >= 4 is 0 Å². The lowest BCUT2D eigenvalue weighted by atomic mass is 10.1. The first-order valence-corrected chi connectivity index (χ1v) is 6.64. The van der Waals surface area contributed by atoms with Gasteiger partial charge in [-0.05, 0) is 43.0 Å². The van der Waals surface area contributed by atoms with Crippen LogP contribution in [-0.4, -0.2) is 13.2 Å². The van der Waals surface area contributed by atoms with Crippen LogP contribution in [0.2, 0.25) is 0 Å². The Kier molecular flexibility index (Phi) is 6.71. The van der Waals surface area contributed by atoms with Crippen LogP contribution in [0, 0.1) is 5.92 Å². The summed E-state index contributed by atoms with van der Waals surface area (Å²) < 4.78 is 5.61. The van der Waals surface area contributed by atoms with Crippen molar-refractivity contribution in [3.05, 3.63) is 29.8 Å². The van der Waals surface area contributed by atoms with Gasteiger partial charge in [0, 0.05) is 6.54 Å². The number of rotatable bonds is 8. The van der Waals surface area contributed by atoms with E-state index in [1.807, 2.05) is 6.07 Å². The van der Waals surface area contributed by atoms with E-state index in [-0.39, 0.29) is 0 Å². The minimum absolute atomic E-state index is 0.765. The highest BCUT2D eigenvalue weighted by Gasteiger charge is 1.97. The van der Waals surface area contributed by atoms with Crippen molar-refractivity contribution in [2.24, 2.45) is 5.92 Å². The van der Waals surface area contributed by atoms with Crippen LogP contribution in [-0.2, 0) is 6.54 Å². The summed E-state index contributed by atoms with van der Waals surface area (Å²) in [6.07, 6.45) is 2.28. The zero-order valence-electron chi connectivity index (χ0n) is 11.3. The highest BCUT2D eigenvalue weighted by molar-refractivity contribution is 5.28. The summed E-state index contributed by atoms with van der Waals surface area (Å²) in [6.45, 7) is 9.43. The topological polar surface area (TPSA) is 21.3 Å². The van der Waals surface area contributed by atoms with Crippen LogP contribution in [0.15, 0.2) is 24.3 Å². The van der Waals surface area contributed by atoms with Crippen molar-refractivity contribution in [1.82, 2.24) is 5.32 Å². The van der Waals surface area contributed by atoms with Crippen LogP contribution in [0.4, 0.5) is 0 Å². The molecule has 1 aromatic rings. The first kappa shape index (κ1) is 14.0. The molecular weight excluding hydrogens is 210 g/mol. The SMILES string of the molecule is CCCOc1cccc(CNCCC(C)C)c1. The highest BCUT2D eigenvalue weighted by Crippen LogP contribution is 2.13. The Bertz CT molecular complexity index is 310. The molecule has 17 heavy (non-hydrogen) atoms. The van der Waals surface area contributed by atoms with Crippen molar-refractivity contribution in [3.8, 4) is 5.75 Å². The third kappa shape index (κ3) is 6.32. The number of hydrogen-bond acceptors (Lipinski definition) is 2. The van der Waals surface area contributed by atoms with E-state index in [2.05, 4.69) is 44.3 Å². The Labute approximate surface area is 105 Å². The maximum atomic E-state index is 5.61. The molecular formula is C15H25NO. The predicted octanol–water partition coefficient (Wildman–Crippen LogP) is 3.61. The first-order chi connectivity index (χ1) is 8.22. The molecule has 1 N–H and O–H groups in total. The quantitative estimate of drug-likeness (QED) is 0.695. The van der Waals surface area contributed by atoms with Gasteiger partial charge in [-0.1, -0.05) is 32.9 Å². The Balaban J connectivity index is 2.32. The fourth-order valence-electron chi connectivity index (χ4n) is 1.59. The molecule has 0 fully saturated rings. The van der Waals surface area contributed by atoms with E-state index in [9.17, 15) is 0 Å². The molecule has 2 nitrogen and oxygen atoms in total. The molecule has 0 radical (unpaired) electrons. The number of hydrogen-bond donors (Lipinski definition) is 1. The van der Waals surface area contributed by atoms with Gasteiger partial charge in [0.15, 0.2) is 0 Å². The van der Waals surface area contributed by atoms with Crippen LogP contribution in [0.1, 0.15) is 39.2 Å². The Morgan fingerprint density at radius 1 is 1.29 bits per heavy atom. The van der Waals surface area contributed by atoms with Crippen LogP contribution in [0.5, 0.6) is 5.75 Å². The van der Waals surface area contributed by atoms with Gasteiger partial charge in [0.25, 0.3) is 0 Å². The minimum atomic E-state index is 0.765. The summed E-state index contributed by atoms with van der Waals surface area (Å²) in [5.41, 5.74) is 1.29. The van der Waals surface area contributed by atoms with Gasteiger partial charge in [-0.15, -0.1) is 0 Å². The van der Waals surface area contributed by atoms with E-state index < -0.39 is 0 Å². The van der Waals surface area contributed by atoms with E-state index in [4.69, 9.17) is 4.74 Å². The van der Waals surface area contributed by atoms with Crippen molar-refractivity contribution in [3.63, 3.8) is 0 Å². The van der Waals surface area contributed by atoms with Gasteiger partial charge >= 0.3 is 0 Å². The van der Waals surface area contributed by atoms with Gasteiger partial charge in [0.05, 0.1) is 6.61 Å². The van der Waals surface area contributed by atoms with Crippen LogP contribution < -0.4 is 10.1 Å². The lowest BCUT2D eigenvalue weighted by Crippen LogP contribution is -2.16. The molecule has 96 valence electrons. The van der Waals surface area contributed by atoms with Crippen LogP contribution in [0.25, 0.3) is 0 Å². The van der Waals surface area contributed by atoms with E-state index in [1.165, 1.54) is 12.0 Å². The first-order valence-electron chi connectivity index (χ1n) is 6.64. The second-order valence-electron chi connectivity index (χ2n) is 4.86. The molecule has 0 saturated carbocycles. The number of nitrogens with one attached hydrogen (secondary N) is 1. The Hall–Kier alpha value is -1.02. The Morgan fingerprint density at radius 2 is 2.12 bits per heavy atom. The number of benzene rings is 1. The number of ether oxygens (including phenoxy) is 1. The maximum absolute atomic E-state index is 5.61. The summed E-state index contributed by atoms with van der Waals surface area (Å²) in [7, 11) is 0. The van der Waals surface area contributed by atoms with Crippen LogP contribution in [0.3, 0.4) is 0 Å². The normalized spacial score (nSPS) is 10.8. The van der Waals surface area contributed by atoms with Crippen molar-refractivity contribution < 1.29 is 4.74 Å². The van der Waals surface area contributed by atoms with Gasteiger partial charge in [0.1, 0.15) is 5.75 Å². The van der Waals surface area contributed by atoms with E-state index >= 15 is 0 Å². The molecule has 0 spiro atoms. The lowest BCUT2D eigenvalue weighted by Gasteiger charge is -2.09. The Morgan fingerprint density at radius 3 is 2.82 bits per heavy atom. The van der Waals surface area contributed by atoms with E-state index in [0.717, 1.165) is 37.8 Å². The van der Waals surface area contributed by atoms with Crippen LogP contribution >= 0.6 is 0 Å². The summed E-state index contributed by atoms with van der Waals surface area (Å²) in [5, 5.41) is 3.46. The van der Waals surface area contributed by atoms with Gasteiger partial charge in [-0.25, -0.2) is 0 Å². The summed E-state index contributed by atoms with van der Waals surface area (Å²) in [6, 6.07) is 8.34. The molecule has 0 amide bonds. The molecule has 0 unspecified atom stereocenters. The van der Waals surface area contributed by atoms with Gasteiger partial charge in [0.2, 0.25) is 0 Å². The minimum Gasteiger partial charge on any atom is -0.494 e. The van der Waals surface area contributed by atoms with Gasteiger partial charge < -0.3 is 10.1 Å².